The molecule has 0 N–H and O–H groups in total. The summed E-state index contributed by atoms with van der Waals surface area (Å²) in [5.74, 6) is 1.97. The van der Waals surface area contributed by atoms with E-state index in [1.165, 1.54) is 0 Å². The van der Waals surface area contributed by atoms with Crippen molar-refractivity contribution < 1.29 is 4.42 Å². The molecular weight excluding hydrogens is 160 g/mol. The Kier molecular flexibility index (Phi) is 24.3. The lowest BCUT2D eigenvalue weighted by molar-refractivity contribution is 0.504. The molecule has 0 bridgehead atoms. The Morgan fingerprint density at radius 2 is 0.923 bits per heavy atom. The van der Waals surface area contributed by atoms with E-state index in [9.17, 15) is 0 Å². The van der Waals surface area contributed by atoms with Gasteiger partial charge in [-0.05, 0) is 26.0 Å². The van der Waals surface area contributed by atoms with Crippen molar-refractivity contribution in [2.75, 3.05) is 0 Å². The van der Waals surface area contributed by atoms with Crippen LogP contribution in [0.1, 0.15) is 53.1 Å². The van der Waals surface area contributed by atoms with E-state index in [0.29, 0.717) is 0 Å². The lowest BCUT2D eigenvalue weighted by atomic mass is 10.5. The highest BCUT2D eigenvalue weighted by atomic mass is 16.3. The number of hydrogen-bond donors (Lipinski definition) is 0. The van der Waals surface area contributed by atoms with E-state index in [0.717, 1.165) is 11.5 Å². The molecule has 0 aliphatic heterocycles. The summed E-state index contributed by atoms with van der Waals surface area (Å²) in [6, 6.07) is 3.91. The molecule has 0 amide bonds. The Morgan fingerprint density at radius 3 is 1.00 bits per heavy atom. The monoisotopic (exact) mass is 186 g/mol. The van der Waals surface area contributed by atoms with Gasteiger partial charge in [0.25, 0.3) is 0 Å². The minimum atomic E-state index is 0.984. The summed E-state index contributed by atoms with van der Waals surface area (Å²) in [5, 5.41) is 0. The topological polar surface area (TPSA) is 13.1 Å². The fourth-order valence-electron chi connectivity index (χ4n) is 0.557. The first-order valence-electron chi connectivity index (χ1n) is 5.32. The molecule has 1 heterocycles. The molecule has 0 radical (unpaired) electrons. The zero-order valence-corrected chi connectivity index (χ0v) is 10.6. The van der Waals surface area contributed by atoms with Gasteiger partial charge in [-0.25, -0.2) is 0 Å². The molecule has 1 heteroatoms. The fraction of sp³-hybridized carbons (Fsp3) is 0.667. The highest BCUT2D eigenvalue weighted by Crippen LogP contribution is 2.02. The third kappa shape index (κ3) is 14.2. The molecule has 1 aromatic rings. The fourth-order valence-corrected chi connectivity index (χ4v) is 0.557. The van der Waals surface area contributed by atoms with Gasteiger partial charge in [0.1, 0.15) is 11.5 Å². The van der Waals surface area contributed by atoms with Crippen molar-refractivity contribution >= 4 is 0 Å². The van der Waals surface area contributed by atoms with E-state index in [-0.39, 0.29) is 0 Å². The lowest BCUT2D eigenvalue weighted by Gasteiger charge is -1.76. The minimum absolute atomic E-state index is 0.984. The molecule has 0 aliphatic carbocycles. The second kappa shape index (κ2) is 17.4. The number of hydrogen-bond acceptors (Lipinski definition) is 1. The third-order valence-corrected chi connectivity index (χ3v) is 0.875. The minimum Gasteiger partial charge on any atom is -0.467 e. The van der Waals surface area contributed by atoms with Gasteiger partial charge < -0.3 is 4.42 Å². The van der Waals surface area contributed by atoms with Crippen molar-refractivity contribution in [3.8, 4) is 0 Å². The summed E-state index contributed by atoms with van der Waals surface area (Å²) in [6.07, 6.45) is 0. The zero-order valence-electron chi connectivity index (χ0n) is 10.6. The number of aryl methyl sites for hydroxylation is 2. The van der Waals surface area contributed by atoms with Crippen molar-refractivity contribution in [3.05, 3.63) is 23.7 Å². The Bertz CT molecular complexity index is 137. The molecule has 1 rings (SSSR count). The van der Waals surface area contributed by atoms with Gasteiger partial charge in [-0.2, -0.15) is 0 Å². The van der Waals surface area contributed by atoms with Crippen molar-refractivity contribution in [1.82, 2.24) is 0 Å². The molecule has 13 heavy (non-hydrogen) atoms. The molecule has 0 aliphatic rings. The largest absolute Gasteiger partial charge is 0.467 e. The Hall–Kier alpha value is -0.720. The molecular formula is C12H26O. The van der Waals surface area contributed by atoms with E-state index >= 15 is 0 Å². The molecule has 0 saturated heterocycles. The van der Waals surface area contributed by atoms with Gasteiger partial charge in [-0.1, -0.05) is 41.5 Å². The second-order valence-corrected chi connectivity index (χ2v) is 1.66. The maximum Gasteiger partial charge on any atom is 0.101 e. The van der Waals surface area contributed by atoms with Crippen LogP contribution in [0.3, 0.4) is 0 Å². The number of furan rings is 1. The van der Waals surface area contributed by atoms with Crippen LogP contribution in [0.15, 0.2) is 16.5 Å². The molecule has 1 aromatic heterocycles. The van der Waals surface area contributed by atoms with E-state index in [1.807, 2.05) is 67.5 Å². The highest BCUT2D eigenvalue weighted by Gasteiger charge is 1.85. The van der Waals surface area contributed by atoms with Crippen LogP contribution in [0.2, 0.25) is 0 Å². The predicted molar refractivity (Wildman–Crippen MR) is 62.2 cm³/mol. The van der Waals surface area contributed by atoms with Crippen LogP contribution in [0.25, 0.3) is 0 Å². The highest BCUT2D eigenvalue weighted by molar-refractivity contribution is 5.02. The summed E-state index contributed by atoms with van der Waals surface area (Å²) in [5.41, 5.74) is 0. The van der Waals surface area contributed by atoms with Crippen molar-refractivity contribution in [2.45, 2.75) is 55.4 Å². The lowest BCUT2D eigenvalue weighted by Crippen LogP contribution is -1.53. The predicted octanol–water partition coefficient (Wildman–Crippen LogP) is 4.98. The van der Waals surface area contributed by atoms with Crippen LogP contribution in [0.5, 0.6) is 0 Å². The van der Waals surface area contributed by atoms with Gasteiger partial charge in [0, 0.05) is 0 Å². The maximum absolute atomic E-state index is 5.08. The molecule has 0 unspecified atom stereocenters. The quantitative estimate of drug-likeness (QED) is 0.557. The summed E-state index contributed by atoms with van der Waals surface area (Å²) in [4.78, 5) is 0. The van der Waals surface area contributed by atoms with E-state index in [4.69, 9.17) is 4.42 Å². The van der Waals surface area contributed by atoms with Crippen LogP contribution in [0, 0.1) is 13.8 Å². The van der Waals surface area contributed by atoms with Crippen molar-refractivity contribution in [2.24, 2.45) is 0 Å². The van der Waals surface area contributed by atoms with Gasteiger partial charge in [-0.3, -0.25) is 0 Å². The van der Waals surface area contributed by atoms with Crippen LogP contribution in [-0.2, 0) is 0 Å². The van der Waals surface area contributed by atoms with Crippen LogP contribution >= 0.6 is 0 Å². The normalized spacial score (nSPS) is 6.46. The summed E-state index contributed by atoms with van der Waals surface area (Å²) >= 11 is 0. The second-order valence-electron chi connectivity index (χ2n) is 1.66. The molecule has 1 nitrogen and oxygen atoms in total. The van der Waals surface area contributed by atoms with E-state index in [2.05, 4.69) is 0 Å². The van der Waals surface area contributed by atoms with Gasteiger partial charge in [0.05, 0.1) is 0 Å². The Balaban J connectivity index is -0.000000144. The van der Waals surface area contributed by atoms with E-state index in [1.54, 1.807) is 0 Å². The summed E-state index contributed by atoms with van der Waals surface area (Å²) < 4.78 is 5.08. The van der Waals surface area contributed by atoms with Gasteiger partial charge in [0.2, 0.25) is 0 Å². The van der Waals surface area contributed by atoms with Gasteiger partial charge in [0.15, 0.2) is 0 Å². The van der Waals surface area contributed by atoms with Gasteiger partial charge >= 0.3 is 0 Å². The zero-order chi connectivity index (χ0) is 11.3. The first-order chi connectivity index (χ1) is 6.29. The molecule has 0 saturated carbocycles. The molecule has 0 fully saturated rings. The van der Waals surface area contributed by atoms with Gasteiger partial charge in [-0.15, -0.1) is 0 Å². The first-order valence-corrected chi connectivity index (χ1v) is 5.32. The van der Waals surface area contributed by atoms with Crippen LogP contribution in [-0.4, -0.2) is 0 Å². The third-order valence-electron chi connectivity index (χ3n) is 0.875. The molecule has 0 atom stereocenters. The molecule has 80 valence electrons. The Labute approximate surface area is 84.2 Å². The Morgan fingerprint density at radius 1 is 0.692 bits per heavy atom. The first kappa shape index (κ1) is 18.1. The van der Waals surface area contributed by atoms with Crippen molar-refractivity contribution in [3.63, 3.8) is 0 Å². The van der Waals surface area contributed by atoms with Crippen LogP contribution < -0.4 is 0 Å². The van der Waals surface area contributed by atoms with E-state index < -0.39 is 0 Å². The maximum atomic E-state index is 5.08. The average Bonchev–Trinajstić information content (AvgIpc) is 2.60. The molecule has 0 aromatic carbocycles. The average molecular weight is 186 g/mol. The SMILES string of the molecule is CC.CC.CC.Cc1ccc(C)o1. The summed E-state index contributed by atoms with van der Waals surface area (Å²) in [7, 11) is 0. The van der Waals surface area contributed by atoms with Crippen LogP contribution in [0.4, 0.5) is 0 Å². The molecule has 0 spiro atoms. The summed E-state index contributed by atoms with van der Waals surface area (Å²) in [6.45, 7) is 15.9. The smallest absolute Gasteiger partial charge is 0.101 e. The number of rotatable bonds is 0. The van der Waals surface area contributed by atoms with Crippen molar-refractivity contribution in [1.29, 1.82) is 0 Å². The standard InChI is InChI=1S/C6H8O.3C2H6/c1-5-3-4-6(2)7-5;3*1-2/h3-4H,1-2H3;3*1-2H3.